The molecule has 0 aliphatic carbocycles. The number of halogens is 4. The first-order valence-corrected chi connectivity index (χ1v) is 11.0. The number of ether oxygens (including phenoxy) is 1. The van der Waals surface area contributed by atoms with Crippen LogP contribution in [0.4, 0.5) is 17.6 Å². The van der Waals surface area contributed by atoms with Crippen LogP contribution >= 0.6 is 0 Å². The van der Waals surface area contributed by atoms with Crippen LogP contribution in [0.5, 0.6) is 0 Å². The zero-order chi connectivity index (χ0) is 25.1. The smallest absolute Gasteiger partial charge is 0.416 e. The van der Waals surface area contributed by atoms with E-state index in [1.54, 1.807) is 0 Å². The van der Waals surface area contributed by atoms with Gasteiger partial charge in [-0.15, -0.1) is 0 Å². The summed E-state index contributed by atoms with van der Waals surface area (Å²) in [6.45, 7) is 0.798. The number of nitrogens with one attached hydrogen (secondary N) is 1. The standard InChI is InChI=1S/C23H34F4N2O4/c1-29(2,3)15-19(14-22(31)32)28-21(30)9-7-5-4-6-8-12-33-16-17-10-11-18(13-20(17)24)23(25,26)27/h10-11,13,19H,4-9,12,14-16H2,1-3H3,(H-,28,30,31,32)/p+1/t19-/m1/s1. The van der Waals surface area contributed by atoms with Crippen LogP contribution in [0.15, 0.2) is 18.2 Å². The molecule has 33 heavy (non-hydrogen) atoms. The van der Waals surface area contributed by atoms with Crippen molar-refractivity contribution in [1.82, 2.24) is 5.32 Å². The zero-order valence-electron chi connectivity index (χ0n) is 19.5. The van der Waals surface area contributed by atoms with Crippen molar-refractivity contribution in [1.29, 1.82) is 0 Å². The molecule has 1 amide bonds. The van der Waals surface area contributed by atoms with Crippen molar-refractivity contribution in [3.8, 4) is 0 Å². The Morgan fingerprint density at radius 1 is 1.09 bits per heavy atom. The van der Waals surface area contributed by atoms with Gasteiger partial charge in [0.15, 0.2) is 0 Å². The number of benzene rings is 1. The molecule has 188 valence electrons. The molecule has 0 heterocycles. The third-order valence-corrected chi connectivity index (χ3v) is 4.88. The van der Waals surface area contributed by atoms with Crippen LogP contribution in [0.1, 0.15) is 56.1 Å². The Bertz CT molecular complexity index is 764. The summed E-state index contributed by atoms with van der Waals surface area (Å²) < 4.78 is 57.3. The number of quaternary nitrogens is 1. The molecule has 0 unspecified atom stereocenters. The third-order valence-electron chi connectivity index (χ3n) is 4.88. The maximum Gasteiger partial charge on any atom is 0.416 e. The minimum absolute atomic E-state index is 0.0838. The van der Waals surface area contributed by atoms with Gasteiger partial charge in [-0.3, -0.25) is 9.59 Å². The fourth-order valence-corrected chi connectivity index (χ4v) is 3.38. The molecule has 0 saturated carbocycles. The molecule has 1 rings (SSSR count). The Kier molecular flexibility index (Phi) is 11.8. The molecule has 6 nitrogen and oxygen atoms in total. The van der Waals surface area contributed by atoms with E-state index in [-0.39, 0.29) is 24.5 Å². The van der Waals surface area contributed by atoms with Crippen LogP contribution in [-0.4, -0.2) is 61.8 Å². The van der Waals surface area contributed by atoms with Gasteiger partial charge in [0.25, 0.3) is 0 Å². The van der Waals surface area contributed by atoms with Gasteiger partial charge < -0.3 is 19.6 Å². The molecule has 1 aromatic carbocycles. The predicted molar refractivity (Wildman–Crippen MR) is 116 cm³/mol. The summed E-state index contributed by atoms with van der Waals surface area (Å²) in [6.07, 6.45) is -0.392. The number of carboxylic acid groups (broad SMARTS) is 1. The number of carbonyl (C=O) groups excluding carboxylic acids is 1. The summed E-state index contributed by atoms with van der Waals surface area (Å²) in [5.74, 6) is -2.04. The maximum atomic E-state index is 13.7. The number of nitrogens with zero attached hydrogens (tertiary/aromatic N) is 1. The van der Waals surface area contributed by atoms with Crippen molar-refractivity contribution < 1.29 is 41.5 Å². The summed E-state index contributed by atoms with van der Waals surface area (Å²) >= 11 is 0. The highest BCUT2D eigenvalue weighted by Gasteiger charge is 2.31. The Morgan fingerprint density at radius 3 is 2.30 bits per heavy atom. The molecular weight excluding hydrogens is 444 g/mol. The van der Waals surface area contributed by atoms with Crippen LogP contribution in [0.2, 0.25) is 0 Å². The van der Waals surface area contributed by atoms with Gasteiger partial charge in [0.2, 0.25) is 5.91 Å². The van der Waals surface area contributed by atoms with E-state index in [2.05, 4.69) is 5.32 Å². The van der Waals surface area contributed by atoms with Gasteiger partial charge in [-0.05, 0) is 25.0 Å². The van der Waals surface area contributed by atoms with Crippen molar-refractivity contribution in [2.45, 2.75) is 63.8 Å². The largest absolute Gasteiger partial charge is 0.481 e. The predicted octanol–water partition coefficient (Wildman–Crippen LogP) is 4.37. The van der Waals surface area contributed by atoms with Crippen LogP contribution in [-0.2, 0) is 27.1 Å². The Morgan fingerprint density at radius 2 is 1.73 bits per heavy atom. The van der Waals surface area contributed by atoms with Gasteiger partial charge in [-0.1, -0.05) is 25.3 Å². The van der Waals surface area contributed by atoms with E-state index >= 15 is 0 Å². The van der Waals surface area contributed by atoms with E-state index in [1.807, 2.05) is 21.1 Å². The lowest BCUT2D eigenvalue weighted by Gasteiger charge is -2.29. The molecule has 1 aromatic rings. The molecule has 0 bridgehead atoms. The topological polar surface area (TPSA) is 75.6 Å². The number of likely N-dealkylation sites (N-methyl/N-ethyl adjacent to an activating group) is 1. The summed E-state index contributed by atoms with van der Waals surface area (Å²) in [6, 6.07) is 1.98. The molecule has 1 atom stereocenters. The molecular formula is C23H35F4N2O4+. The SMILES string of the molecule is C[N+](C)(C)C[C@@H](CC(=O)O)NC(=O)CCCCCCCOCc1ccc(C(F)(F)F)cc1F. The van der Waals surface area contributed by atoms with E-state index in [1.165, 1.54) is 0 Å². The van der Waals surface area contributed by atoms with E-state index < -0.39 is 29.6 Å². The summed E-state index contributed by atoms with van der Waals surface area (Å²) in [7, 11) is 5.81. The second-order valence-corrected chi connectivity index (χ2v) is 9.21. The van der Waals surface area contributed by atoms with Gasteiger partial charge in [-0.2, -0.15) is 13.2 Å². The second-order valence-electron chi connectivity index (χ2n) is 9.21. The van der Waals surface area contributed by atoms with Crippen LogP contribution < -0.4 is 5.32 Å². The highest BCUT2D eigenvalue weighted by atomic mass is 19.4. The number of aliphatic carboxylic acids is 1. The first-order valence-electron chi connectivity index (χ1n) is 11.0. The number of carbonyl (C=O) groups is 2. The van der Waals surface area contributed by atoms with Gasteiger partial charge in [-0.25, -0.2) is 4.39 Å². The first-order chi connectivity index (χ1) is 15.3. The van der Waals surface area contributed by atoms with Gasteiger partial charge in [0.1, 0.15) is 5.82 Å². The monoisotopic (exact) mass is 479 g/mol. The molecule has 0 fully saturated rings. The number of carboxylic acids is 1. The quantitative estimate of drug-likeness (QED) is 0.223. The molecule has 0 radical (unpaired) electrons. The Hall–Kier alpha value is -2.20. The molecule has 2 N–H and O–H groups in total. The van der Waals surface area contributed by atoms with Crippen LogP contribution in [0.3, 0.4) is 0 Å². The average Bonchev–Trinajstić information content (AvgIpc) is 2.64. The Labute approximate surface area is 192 Å². The molecule has 0 aromatic heterocycles. The molecule has 0 spiro atoms. The van der Waals surface area contributed by atoms with Crippen molar-refractivity contribution in [3.63, 3.8) is 0 Å². The maximum absolute atomic E-state index is 13.7. The fraction of sp³-hybridized carbons (Fsp3) is 0.652. The van der Waals surface area contributed by atoms with Crippen molar-refractivity contribution >= 4 is 11.9 Å². The minimum atomic E-state index is -4.58. The summed E-state index contributed by atoms with van der Waals surface area (Å²) in [5, 5.41) is 11.8. The fourth-order valence-electron chi connectivity index (χ4n) is 3.38. The normalized spacial score (nSPS) is 13.1. The second kappa shape index (κ2) is 13.5. The van der Waals surface area contributed by atoms with Crippen molar-refractivity contribution in [3.05, 3.63) is 35.1 Å². The minimum Gasteiger partial charge on any atom is -0.481 e. The number of unbranched alkanes of at least 4 members (excludes halogenated alkanes) is 4. The van der Waals surface area contributed by atoms with Crippen LogP contribution in [0.25, 0.3) is 0 Å². The van der Waals surface area contributed by atoms with E-state index in [0.29, 0.717) is 36.5 Å². The van der Waals surface area contributed by atoms with Crippen molar-refractivity contribution in [2.75, 3.05) is 34.3 Å². The first kappa shape index (κ1) is 28.8. The molecule has 0 saturated heterocycles. The van der Waals surface area contributed by atoms with Crippen LogP contribution in [0, 0.1) is 5.82 Å². The van der Waals surface area contributed by atoms with Gasteiger partial charge in [0.05, 0.1) is 52.3 Å². The third kappa shape index (κ3) is 13.2. The Balaban J connectivity index is 2.17. The van der Waals surface area contributed by atoms with Gasteiger partial charge >= 0.3 is 12.1 Å². The average molecular weight is 480 g/mol. The lowest BCUT2D eigenvalue weighted by molar-refractivity contribution is -0.871. The highest BCUT2D eigenvalue weighted by Crippen LogP contribution is 2.30. The number of hydrogen-bond acceptors (Lipinski definition) is 3. The number of amides is 1. The zero-order valence-corrected chi connectivity index (χ0v) is 19.5. The molecule has 0 aliphatic heterocycles. The lowest BCUT2D eigenvalue weighted by atomic mass is 10.1. The number of rotatable bonds is 15. The molecule has 10 heteroatoms. The number of alkyl halides is 3. The molecule has 0 aliphatic rings. The highest BCUT2D eigenvalue weighted by molar-refractivity contribution is 5.77. The number of hydrogen-bond donors (Lipinski definition) is 2. The summed E-state index contributed by atoms with van der Waals surface area (Å²) in [4.78, 5) is 23.1. The van der Waals surface area contributed by atoms with E-state index in [9.17, 15) is 27.2 Å². The summed E-state index contributed by atoms with van der Waals surface area (Å²) in [5.41, 5.74) is -0.941. The van der Waals surface area contributed by atoms with E-state index in [4.69, 9.17) is 9.84 Å². The van der Waals surface area contributed by atoms with Crippen molar-refractivity contribution in [2.24, 2.45) is 0 Å². The van der Waals surface area contributed by atoms with E-state index in [0.717, 1.165) is 37.8 Å². The lowest BCUT2D eigenvalue weighted by Crippen LogP contribution is -2.49. The van der Waals surface area contributed by atoms with Gasteiger partial charge in [0, 0.05) is 18.6 Å².